The smallest absolute Gasteiger partial charge is 0.335 e. The lowest BCUT2D eigenvalue weighted by Gasteiger charge is -2.35. The van der Waals surface area contributed by atoms with Gasteiger partial charge in [-0.2, -0.15) is 0 Å². The third kappa shape index (κ3) is 19.2. The number of esters is 3. The van der Waals surface area contributed by atoms with Gasteiger partial charge in [-0.3, -0.25) is 34.0 Å². The van der Waals surface area contributed by atoms with Crippen molar-refractivity contribution in [3.63, 3.8) is 0 Å². The molecule has 14 heteroatoms. The average molecular weight is 709 g/mol. The Kier molecular flexibility index (Phi) is 16.6. The largest absolute Gasteiger partial charge is 0.491 e. The molecule has 0 saturated carbocycles. The molecule has 50 heavy (non-hydrogen) atoms. The number of benzene rings is 1. The summed E-state index contributed by atoms with van der Waals surface area (Å²) < 4.78 is 22.6. The zero-order valence-electron chi connectivity index (χ0n) is 31.5. The van der Waals surface area contributed by atoms with E-state index in [0.29, 0.717) is 58.1 Å². The molecule has 0 aliphatic carbocycles. The Labute approximate surface area is 297 Å². The van der Waals surface area contributed by atoms with Gasteiger partial charge in [-0.05, 0) is 86.6 Å². The molecule has 284 valence electrons. The highest BCUT2D eigenvalue weighted by molar-refractivity contribution is 5.87. The number of carboxylic acid groups (broad SMARTS) is 1. The van der Waals surface area contributed by atoms with Gasteiger partial charge in [0.2, 0.25) is 0 Å². The molecule has 2 N–H and O–H groups in total. The van der Waals surface area contributed by atoms with E-state index < -0.39 is 28.9 Å². The van der Waals surface area contributed by atoms with Crippen LogP contribution in [0.15, 0.2) is 24.3 Å². The first-order valence-corrected chi connectivity index (χ1v) is 17.3. The summed E-state index contributed by atoms with van der Waals surface area (Å²) in [5.41, 5.74) is -1.79. The van der Waals surface area contributed by atoms with Crippen LogP contribution in [0.2, 0.25) is 0 Å². The third-order valence-electron chi connectivity index (χ3n) is 7.26. The summed E-state index contributed by atoms with van der Waals surface area (Å²) >= 11 is 0. The van der Waals surface area contributed by atoms with E-state index in [4.69, 9.17) is 24.1 Å². The number of hydrogen-bond acceptors (Lipinski definition) is 13. The minimum Gasteiger partial charge on any atom is -0.491 e. The van der Waals surface area contributed by atoms with Gasteiger partial charge in [0.25, 0.3) is 0 Å². The summed E-state index contributed by atoms with van der Waals surface area (Å²) in [5.74, 6) is -1.68. The molecule has 1 heterocycles. The van der Waals surface area contributed by atoms with Crippen LogP contribution in [0, 0.1) is 0 Å². The molecule has 1 saturated heterocycles. The van der Waals surface area contributed by atoms with Crippen LogP contribution in [-0.4, -0.2) is 162 Å². The van der Waals surface area contributed by atoms with Gasteiger partial charge in [-0.25, -0.2) is 4.79 Å². The van der Waals surface area contributed by atoms with Crippen LogP contribution in [0.25, 0.3) is 0 Å². The molecule has 1 aromatic rings. The summed E-state index contributed by atoms with van der Waals surface area (Å²) in [6.07, 6.45) is -0.884. The van der Waals surface area contributed by atoms with E-state index in [-0.39, 0.29) is 56.3 Å². The van der Waals surface area contributed by atoms with Crippen LogP contribution < -0.4 is 4.74 Å². The maximum Gasteiger partial charge on any atom is 0.335 e. The zero-order chi connectivity index (χ0) is 37.7. The molecular formula is C36H60N4O10. The Hall–Kier alpha value is -3.30. The predicted molar refractivity (Wildman–Crippen MR) is 188 cm³/mol. The number of aliphatic hydroxyl groups is 1. The van der Waals surface area contributed by atoms with E-state index in [0.717, 1.165) is 0 Å². The number of carboxylic acids is 1. The predicted octanol–water partition coefficient (Wildman–Crippen LogP) is 2.37. The van der Waals surface area contributed by atoms with Crippen LogP contribution in [0.5, 0.6) is 5.75 Å². The first kappa shape index (κ1) is 42.9. The van der Waals surface area contributed by atoms with E-state index in [1.807, 2.05) is 77.0 Å². The molecule has 0 amide bonds. The van der Waals surface area contributed by atoms with Crippen molar-refractivity contribution in [2.24, 2.45) is 0 Å². The Morgan fingerprint density at radius 2 is 0.920 bits per heavy atom. The van der Waals surface area contributed by atoms with Gasteiger partial charge < -0.3 is 29.2 Å². The van der Waals surface area contributed by atoms with Gasteiger partial charge in [0.1, 0.15) is 35.3 Å². The lowest BCUT2D eigenvalue weighted by molar-refractivity contribution is -0.158. The second-order valence-electron chi connectivity index (χ2n) is 15.7. The molecule has 1 aliphatic rings. The van der Waals surface area contributed by atoms with Crippen molar-refractivity contribution in [1.29, 1.82) is 0 Å². The topological polar surface area (TPSA) is 159 Å². The Morgan fingerprint density at radius 1 is 0.600 bits per heavy atom. The van der Waals surface area contributed by atoms with Crippen molar-refractivity contribution in [3.8, 4) is 5.75 Å². The summed E-state index contributed by atoms with van der Waals surface area (Å²) in [7, 11) is 0. The van der Waals surface area contributed by atoms with Crippen molar-refractivity contribution in [2.45, 2.75) is 85.2 Å². The number of carbonyl (C=O) groups excluding carboxylic acids is 3. The Bertz CT molecular complexity index is 1190. The first-order valence-electron chi connectivity index (χ1n) is 17.3. The fourth-order valence-electron chi connectivity index (χ4n) is 5.14. The standard InChI is InChI=1S/C36H60N4O10/c1-34(2,3)48-30(42)23-38-16-14-37(22-28(41)26-47-29-12-10-27(11-13-29)33(45)46)15-17-39(24-31(43)49-35(4,5)6)19-21-40(20-18-38)25-32(44)50-36(7,8)9/h10-13,28,41H,14-26H2,1-9H3,(H,45,46). The van der Waals surface area contributed by atoms with E-state index >= 15 is 0 Å². The van der Waals surface area contributed by atoms with E-state index in [9.17, 15) is 24.3 Å². The molecule has 0 spiro atoms. The number of hydrogen-bond donors (Lipinski definition) is 2. The highest BCUT2D eigenvalue weighted by atomic mass is 16.6. The van der Waals surface area contributed by atoms with Crippen molar-refractivity contribution in [1.82, 2.24) is 19.6 Å². The Morgan fingerprint density at radius 3 is 1.22 bits per heavy atom. The van der Waals surface area contributed by atoms with Gasteiger partial charge in [-0.1, -0.05) is 0 Å². The zero-order valence-corrected chi connectivity index (χ0v) is 31.5. The fourth-order valence-corrected chi connectivity index (χ4v) is 5.14. The highest BCUT2D eigenvalue weighted by Gasteiger charge is 2.26. The maximum atomic E-state index is 12.9. The van der Waals surface area contributed by atoms with Crippen LogP contribution >= 0.6 is 0 Å². The molecule has 1 unspecified atom stereocenters. The van der Waals surface area contributed by atoms with E-state index in [1.54, 1.807) is 12.1 Å². The van der Waals surface area contributed by atoms with Gasteiger partial charge in [0, 0.05) is 58.9 Å². The molecule has 0 bridgehead atoms. The summed E-state index contributed by atoms with van der Waals surface area (Å²) in [6.45, 7) is 20.5. The molecule has 1 aromatic carbocycles. The van der Waals surface area contributed by atoms with Crippen LogP contribution in [-0.2, 0) is 28.6 Å². The van der Waals surface area contributed by atoms with Gasteiger partial charge in [0.15, 0.2) is 0 Å². The lowest BCUT2D eigenvalue weighted by atomic mass is 10.2. The minimum absolute atomic E-state index is 0.0220. The van der Waals surface area contributed by atoms with Gasteiger partial charge >= 0.3 is 23.9 Å². The summed E-state index contributed by atoms with van der Waals surface area (Å²) in [4.78, 5) is 57.8. The SMILES string of the molecule is CC(C)(C)OC(=O)CN1CCN(CC(=O)OC(C)(C)C)CCN(CC(O)COc2ccc(C(=O)O)cc2)CCN(CC(=O)OC(C)(C)C)CC1. The summed E-state index contributed by atoms with van der Waals surface area (Å²) in [6, 6.07) is 5.96. The number of nitrogens with zero attached hydrogens (tertiary/aromatic N) is 4. The number of aromatic carboxylic acids is 1. The second-order valence-corrected chi connectivity index (χ2v) is 15.7. The number of aliphatic hydroxyl groups excluding tert-OH is 1. The number of carbonyl (C=O) groups is 4. The molecule has 1 fully saturated rings. The van der Waals surface area contributed by atoms with Crippen molar-refractivity contribution < 1.29 is 48.3 Å². The number of ether oxygens (including phenoxy) is 4. The lowest BCUT2D eigenvalue weighted by Crippen LogP contribution is -2.50. The fraction of sp³-hybridized carbons (Fsp3) is 0.722. The normalized spacial score (nSPS) is 17.6. The number of rotatable bonds is 12. The van der Waals surface area contributed by atoms with Crippen molar-refractivity contribution >= 4 is 23.9 Å². The van der Waals surface area contributed by atoms with Crippen LogP contribution in [0.3, 0.4) is 0 Å². The number of β-amino-alcohol motifs (C(OH)–C–C–N with tert-alkyl or cyclic N) is 1. The van der Waals surface area contributed by atoms with Crippen molar-refractivity contribution in [3.05, 3.63) is 29.8 Å². The molecule has 2 rings (SSSR count). The minimum atomic E-state index is -1.04. The Balaban J connectivity index is 2.25. The van der Waals surface area contributed by atoms with Crippen LogP contribution in [0.1, 0.15) is 72.7 Å². The highest BCUT2D eigenvalue weighted by Crippen LogP contribution is 2.14. The maximum absolute atomic E-state index is 12.9. The molecule has 0 radical (unpaired) electrons. The first-order chi connectivity index (χ1) is 23.1. The monoisotopic (exact) mass is 708 g/mol. The molecule has 1 aliphatic heterocycles. The molecule has 1 atom stereocenters. The van der Waals surface area contributed by atoms with E-state index in [2.05, 4.69) is 4.90 Å². The van der Waals surface area contributed by atoms with Crippen molar-refractivity contribution in [2.75, 3.05) is 85.1 Å². The van der Waals surface area contributed by atoms with E-state index in [1.165, 1.54) is 12.1 Å². The van der Waals surface area contributed by atoms with Gasteiger partial charge in [0.05, 0.1) is 25.2 Å². The van der Waals surface area contributed by atoms with Gasteiger partial charge in [-0.15, -0.1) is 0 Å². The second kappa shape index (κ2) is 19.3. The molecule has 0 aromatic heterocycles. The third-order valence-corrected chi connectivity index (χ3v) is 7.26. The molecule has 14 nitrogen and oxygen atoms in total. The quantitative estimate of drug-likeness (QED) is 0.241. The summed E-state index contributed by atoms with van der Waals surface area (Å²) in [5, 5.41) is 20.1. The van der Waals surface area contributed by atoms with Crippen LogP contribution in [0.4, 0.5) is 0 Å². The average Bonchev–Trinajstić information content (AvgIpc) is 2.94. The molecular weight excluding hydrogens is 648 g/mol.